The summed E-state index contributed by atoms with van der Waals surface area (Å²) in [5, 5.41) is 3.24. The minimum absolute atomic E-state index is 0.273. The molecule has 1 N–H and O–H groups in total. The molecule has 1 aromatic rings. The summed E-state index contributed by atoms with van der Waals surface area (Å²) in [6, 6.07) is 1.45. The zero-order valence-electron chi connectivity index (χ0n) is 7.30. The molecule has 0 aliphatic heterocycles. The summed E-state index contributed by atoms with van der Waals surface area (Å²) in [5.41, 5.74) is -1.11. The maximum Gasteiger partial charge on any atom is 0.253 e. The molecule has 0 spiro atoms. The lowest BCUT2D eigenvalue weighted by atomic mass is 9.97. The van der Waals surface area contributed by atoms with Crippen molar-refractivity contribution in [2.45, 2.75) is 19.4 Å². The number of halogens is 1. The van der Waals surface area contributed by atoms with E-state index in [9.17, 15) is 9.70 Å². The van der Waals surface area contributed by atoms with E-state index in [2.05, 4.69) is 10.2 Å². The van der Waals surface area contributed by atoms with Crippen LogP contribution in [0.25, 0.3) is 0 Å². The molecule has 0 bridgehead atoms. The Kier molecular flexibility index (Phi) is 2.52. The van der Waals surface area contributed by atoms with Gasteiger partial charge in [-0.1, -0.05) is 16.8 Å². The summed E-state index contributed by atoms with van der Waals surface area (Å²) < 4.78 is 0. The van der Waals surface area contributed by atoms with Gasteiger partial charge in [0, 0.05) is 11.8 Å². The van der Waals surface area contributed by atoms with Crippen molar-refractivity contribution in [2.75, 3.05) is 0 Å². The quantitative estimate of drug-likeness (QED) is 0.743. The lowest BCUT2D eigenvalue weighted by Crippen LogP contribution is -2.24. The van der Waals surface area contributed by atoms with E-state index in [0.29, 0.717) is 5.02 Å². The van der Waals surface area contributed by atoms with Crippen LogP contribution in [0.1, 0.15) is 19.4 Å². The smallest absolute Gasteiger partial charge is 0.253 e. The van der Waals surface area contributed by atoms with Gasteiger partial charge in [0.1, 0.15) is 5.54 Å². The third kappa shape index (κ3) is 1.95. The first-order valence-corrected chi connectivity index (χ1v) is 4.08. The van der Waals surface area contributed by atoms with Crippen molar-refractivity contribution in [3.05, 3.63) is 38.1 Å². The summed E-state index contributed by atoms with van der Waals surface area (Å²) in [7, 11) is 0. The van der Waals surface area contributed by atoms with E-state index < -0.39 is 5.54 Å². The molecule has 0 atom stereocenters. The molecule has 0 saturated carbocycles. The molecule has 1 aromatic heterocycles. The lowest BCUT2D eigenvalue weighted by Gasteiger charge is -2.13. The number of aromatic amines is 1. The highest BCUT2D eigenvalue weighted by Gasteiger charge is 2.24. The van der Waals surface area contributed by atoms with E-state index in [1.54, 1.807) is 13.8 Å². The topological polar surface area (TPSA) is 62.3 Å². The Morgan fingerprint density at radius 3 is 2.69 bits per heavy atom. The number of nitrogens with one attached hydrogen (secondary N) is 1. The van der Waals surface area contributed by atoms with Crippen molar-refractivity contribution in [2.24, 2.45) is 5.18 Å². The average Bonchev–Trinajstić information content (AvgIpc) is 2.09. The first kappa shape index (κ1) is 9.92. The number of nitroso groups, excluding NO2 is 1. The van der Waals surface area contributed by atoms with Crippen molar-refractivity contribution in [1.29, 1.82) is 0 Å². The molecule has 0 unspecified atom stereocenters. The van der Waals surface area contributed by atoms with Crippen molar-refractivity contribution in [1.82, 2.24) is 4.98 Å². The van der Waals surface area contributed by atoms with Gasteiger partial charge in [0.25, 0.3) is 5.56 Å². The van der Waals surface area contributed by atoms with Gasteiger partial charge in [-0.15, -0.1) is 4.91 Å². The number of rotatable bonds is 2. The van der Waals surface area contributed by atoms with Crippen LogP contribution in [0.4, 0.5) is 0 Å². The van der Waals surface area contributed by atoms with Gasteiger partial charge in [-0.3, -0.25) is 4.79 Å². The van der Waals surface area contributed by atoms with E-state index in [4.69, 9.17) is 11.6 Å². The number of H-pyrrole nitrogens is 1. The third-order valence-corrected chi connectivity index (χ3v) is 1.97. The first-order valence-electron chi connectivity index (χ1n) is 3.70. The Hall–Kier alpha value is -1.16. The van der Waals surface area contributed by atoms with Gasteiger partial charge in [0.05, 0.1) is 5.02 Å². The molecule has 70 valence electrons. The fourth-order valence-electron chi connectivity index (χ4n) is 0.961. The SMILES string of the molecule is CC(C)(N=O)c1cc(Cl)c[nH]c1=O. The molecule has 0 saturated heterocycles. The van der Waals surface area contributed by atoms with Crippen LogP contribution in [0.3, 0.4) is 0 Å². The van der Waals surface area contributed by atoms with Crippen molar-refractivity contribution >= 4 is 11.6 Å². The lowest BCUT2D eigenvalue weighted by molar-refractivity contribution is 0.545. The highest BCUT2D eigenvalue weighted by molar-refractivity contribution is 6.30. The van der Waals surface area contributed by atoms with E-state index >= 15 is 0 Å². The first-order chi connectivity index (χ1) is 5.97. The molecule has 0 amide bonds. The molecule has 0 fully saturated rings. The van der Waals surface area contributed by atoms with Crippen LogP contribution in [-0.2, 0) is 5.54 Å². The molecule has 0 aliphatic rings. The van der Waals surface area contributed by atoms with Gasteiger partial charge in [-0.2, -0.15) is 0 Å². The van der Waals surface area contributed by atoms with Crippen LogP contribution in [0, 0.1) is 4.91 Å². The summed E-state index contributed by atoms with van der Waals surface area (Å²) >= 11 is 5.67. The monoisotopic (exact) mass is 200 g/mol. The third-order valence-electron chi connectivity index (χ3n) is 1.76. The Bertz CT molecular complexity index is 384. The van der Waals surface area contributed by atoms with Crippen LogP contribution in [-0.4, -0.2) is 4.98 Å². The average molecular weight is 201 g/mol. The molecule has 0 aliphatic carbocycles. The van der Waals surface area contributed by atoms with Crippen LogP contribution in [0.2, 0.25) is 5.02 Å². The Morgan fingerprint density at radius 2 is 2.15 bits per heavy atom. The maximum atomic E-state index is 11.3. The van der Waals surface area contributed by atoms with E-state index in [1.807, 2.05) is 0 Å². The predicted molar refractivity (Wildman–Crippen MR) is 50.9 cm³/mol. The Labute approximate surface area is 79.9 Å². The van der Waals surface area contributed by atoms with Crippen LogP contribution < -0.4 is 5.56 Å². The molecule has 1 heterocycles. The van der Waals surface area contributed by atoms with Gasteiger partial charge < -0.3 is 4.98 Å². The molecule has 1 rings (SSSR count). The van der Waals surface area contributed by atoms with Crippen LogP contribution in [0.15, 0.2) is 22.2 Å². The fraction of sp³-hybridized carbons (Fsp3) is 0.375. The predicted octanol–water partition coefficient (Wildman–Crippen LogP) is 2.03. The number of pyridine rings is 1. The largest absolute Gasteiger partial charge is 0.327 e. The second-order valence-corrected chi connectivity index (χ2v) is 3.65. The summed E-state index contributed by atoms with van der Waals surface area (Å²) in [4.78, 5) is 24.1. The van der Waals surface area contributed by atoms with Crippen molar-refractivity contribution in [3.63, 3.8) is 0 Å². The van der Waals surface area contributed by atoms with Crippen molar-refractivity contribution < 1.29 is 0 Å². The highest BCUT2D eigenvalue weighted by Crippen LogP contribution is 2.22. The van der Waals surface area contributed by atoms with E-state index in [-0.39, 0.29) is 11.1 Å². The summed E-state index contributed by atoms with van der Waals surface area (Å²) in [5.74, 6) is 0. The molecule has 5 heteroatoms. The van der Waals surface area contributed by atoms with Crippen molar-refractivity contribution in [3.8, 4) is 0 Å². The number of hydrogen-bond acceptors (Lipinski definition) is 3. The molecular formula is C8H9ClN2O2. The normalized spacial score (nSPS) is 11.3. The minimum Gasteiger partial charge on any atom is -0.327 e. The zero-order chi connectivity index (χ0) is 10.1. The van der Waals surface area contributed by atoms with Gasteiger partial charge in [-0.25, -0.2) is 0 Å². The standard InChI is InChI=1S/C8H9ClN2O2/c1-8(2,11-13)6-3-5(9)4-10-7(6)12/h3-4H,1-2H3,(H,10,12). The van der Waals surface area contributed by atoms with Gasteiger partial charge >= 0.3 is 0 Å². The Balaban J connectivity index is 3.37. The maximum absolute atomic E-state index is 11.3. The molecule has 4 nitrogen and oxygen atoms in total. The van der Waals surface area contributed by atoms with Gasteiger partial charge in [0.2, 0.25) is 0 Å². The van der Waals surface area contributed by atoms with Crippen LogP contribution >= 0.6 is 11.6 Å². The van der Waals surface area contributed by atoms with E-state index in [0.717, 1.165) is 0 Å². The molecule has 13 heavy (non-hydrogen) atoms. The minimum atomic E-state index is -1.04. The highest BCUT2D eigenvalue weighted by atomic mass is 35.5. The number of nitrogens with zero attached hydrogens (tertiary/aromatic N) is 1. The zero-order valence-corrected chi connectivity index (χ0v) is 8.05. The summed E-state index contributed by atoms with van der Waals surface area (Å²) in [6.45, 7) is 3.11. The fourth-order valence-corrected chi connectivity index (χ4v) is 1.12. The van der Waals surface area contributed by atoms with Gasteiger partial charge in [0.15, 0.2) is 0 Å². The summed E-state index contributed by atoms with van der Waals surface area (Å²) in [6.07, 6.45) is 1.37. The number of aromatic nitrogens is 1. The molecule has 0 radical (unpaired) electrons. The molecule has 0 aromatic carbocycles. The second-order valence-electron chi connectivity index (χ2n) is 3.21. The van der Waals surface area contributed by atoms with Crippen LogP contribution in [0.5, 0.6) is 0 Å². The van der Waals surface area contributed by atoms with Gasteiger partial charge in [-0.05, 0) is 19.9 Å². The number of hydrogen-bond donors (Lipinski definition) is 1. The Morgan fingerprint density at radius 1 is 1.54 bits per heavy atom. The second kappa shape index (κ2) is 3.30. The molecular weight excluding hydrogens is 192 g/mol. The van der Waals surface area contributed by atoms with E-state index in [1.165, 1.54) is 12.3 Å².